The van der Waals surface area contributed by atoms with Crippen molar-refractivity contribution in [2.75, 3.05) is 6.79 Å². The van der Waals surface area contributed by atoms with Gasteiger partial charge in [-0.3, -0.25) is 0 Å². The minimum atomic E-state index is -0.694. The summed E-state index contributed by atoms with van der Waals surface area (Å²) in [4.78, 5) is 0. The second-order valence-electron chi connectivity index (χ2n) is 5.68. The Morgan fingerprint density at radius 1 is 0.609 bits per heavy atom. The molecule has 0 unspecified atom stereocenters. The molecular weight excluding hydrogens is 288 g/mol. The van der Waals surface area contributed by atoms with Crippen molar-refractivity contribution in [3.05, 3.63) is 89.5 Å². The van der Waals surface area contributed by atoms with Gasteiger partial charge in [0.1, 0.15) is 17.2 Å². The van der Waals surface area contributed by atoms with Crippen LogP contribution in [0.25, 0.3) is 0 Å². The Morgan fingerprint density at radius 3 is 1.70 bits per heavy atom. The Hall–Kier alpha value is -2.78. The first-order valence-corrected chi connectivity index (χ1v) is 7.63. The predicted molar refractivity (Wildman–Crippen MR) is 85.9 cm³/mol. The van der Waals surface area contributed by atoms with E-state index in [1.165, 1.54) is 0 Å². The maximum absolute atomic E-state index is 6.28. The van der Waals surface area contributed by atoms with Gasteiger partial charge in [-0.1, -0.05) is 54.6 Å². The van der Waals surface area contributed by atoms with Crippen molar-refractivity contribution in [3.8, 4) is 17.2 Å². The summed E-state index contributed by atoms with van der Waals surface area (Å²) in [6.07, 6.45) is 0. The first kappa shape index (κ1) is 12.7. The highest BCUT2D eigenvalue weighted by Crippen LogP contribution is 2.55. The van der Waals surface area contributed by atoms with Crippen molar-refractivity contribution in [2.45, 2.75) is 5.60 Å². The molecule has 3 aromatic rings. The Morgan fingerprint density at radius 2 is 1.09 bits per heavy atom. The van der Waals surface area contributed by atoms with E-state index in [9.17, 15) is 0 Å². The van der Waals surface area contributed by atoms with Crippen LogP contribution in [0.1, 0.15) is 16.7 Å². The Labute approximate surface area is 134 Å². The van der Waals surface area contributed by atoms with Gasteiger partial charge >= 0.3 is 0 Å². The van der Waals surface area contributed by atoms with Crippen LogP contribution < -0.4 is 9.47 Å². The third-order valence-electron chi connectivity index (χ3n) is 4.51. The molecule has 0 fully saturated rings. The molecular formula is C20H14O3. The first-order valence-electron chi connectivity index (χ1n) is 7.63. The average Bonchev–Trinajstić information content (AvgIpc) is 2.62. The van der Waals surface area contributed by atoms with Crippen molar-refractivity contribution >= 4 is 0 Å². The summed E-state index contributed by atoms with van der Waals surface area (Å²) in [5, 5.41) is 0. The number of rotatable bonds is 0. The van der Waals surface area contributed by atoms with Crippen molar-refractivity contribution in [3.63, 3.8) is 0 Å². The molecule has 0 saturated carbocycles. The second-order valence-corrected chi connectivity index (χ2v) is 5.68. The molecule has 1 spiro atoms. The third kappa shape index (κ3) is 1.63. The minimum absolute atomic E-state index is 0.208. The monoisotopic (exact) mass is 302 g/mol. The number of para-hydroxylation sites is 3. The van der Waals surface area contributed by atoms with Gasteiger partial charge in [-0.05, 0) is 18.2 Å². The fraction of sp³-hybridized carbons (Fsp3) is 0.100. The highest BCUT2D eigenvalue weighted by molar-refractivity contribution is 5.63. The number of fused-ring (bicyclic) bond motifs is 6. The highest BCUT2D eigenvalue weighted by Gasteiger charge is 2.48. The van der Waals surface area contributed by atoms with Crippen LogP contribution >= 0.6 is 0 Å². The predicted octanol–water partition coefficient (Wildman–Crippen LogP) is 4.45. The molecule has 0 saturated heterocycles. The molecule has 0 atom stereocenters. The van der Waals surface area contributed by atoms with Gasteiger partial charge in [0.2, 0.25) is 0 Å². The van der Waals surface area contributed by atoms with Gasteiger partial charge in [0.25, 0.3) is 0 Å². The van der Waals surface area contributed by atoms with Crippen molar-refractivity contribution in [1.82, 2.24) is 0 Å². The lowest BCUT2D eigenvalue weighted by molar-refractivity contribution is -0.0909. The van der Waals surface area contributed by atoms with Gasteiger partial charge in [-0.15, -0.1) is 0 Å². The molecule has 0 radical (unpaired) electrons. The SMILES string of the molecule is c1ccc2c(c1)OCOC21c2ccccc2Oc2ccccc21. The topological polar surface area (TPSA) is 27.7 Å². The van der Waals surface area contributed by atoms with E-state index in [-0.39, 0.29) is 6.79 Å². The first-order chi connectivity index (χ1) is 11.4. The van der Waals surface area contributed by atoms with Gasteiger partial charge in [0.15, 0.2) is 12.4 Å². The molecule has 5 rings (SSSR count). The summed E-state index contributed by atoms with van der Waals surface area (Å²) in [5.41, 5.74) is 2.33. The number of benzene rings is 3. The van der Waals surface area contributed by atoms with E-state index >= 15 is 0 Å². The number of hydrogen-bond donors (Lipinski definition) is 0. The molecule has 0 aromatic heterocycles. The van der Waals surface area contributed by atoms with Crippen LogP contribution in [0.15, 0.2) is 72.8 Å². The van der Waals surface area contributed by atoms with Gasteiger partial charge in [0, 0.05) is 16.7 Å². The smallest absolute Gasteiger partial charge is 0.190 e. The second kappa shape index (κ2) is 4.61. The molecule has 2 aliphatic heterocycles. The van der Waals surface area contributed by atoms with Crippen LogP contribution in [0.5, 0.6) is 17.2 Å². The van der Waals surface area contributed by atoms with Crippen LogP contribution in [0.3, 0.4) is 0 Å². The molecule has 0 bridgehead atoms. The molecule has 0 amide bonds. The van der Waals surface area contributed by atoms with E-state index in [0.717, 1.165) is 33.9 Å². The van der Waals surface area contributed by atoms with E-state index in [1.54, 1.807) is 0 Å². The summed E-state index contributed by atoms with van der Waals surface area (Å²) in [6, 6.07) is 24.1. The van der Waals surface area contributed by atoms with E-state index in [4.69, 9.17) is 14.2 Å². The van der Waals surface area contributed by atoms with E-state index in [2.05, 4.69) is 18.2 Å². The maximum Gasteiger partial charge on any atom is 0.190 e. The van der Waals surface area contributed by atoms with E-state index in [1.807, 2.05) is 54.6 Å². The fourth-order valence-electron chi connectivity index (χ4n) is 3.54. The van der Waals surface area contributed by atoms with Crippen LogP contribution in [0.4, 0.5) is 0 Å². The molecule has 112 valence electrons. The molecule has 0 N–H and O–H groups in total. The quantitative estimate of drug-likeness (QED) is 0.614. The summed E-state index contributed by atoms with van der Waals surface area (Å²) < 4.78 is 18.1. The molecule has 3 nitrogen and oxygen atoms in total. The minimum Gasteiger partial charge on any atom is -0.467 e. The van der Waals surface area contributed by atoms with Crippen molar-refractivity contribution in [1.29, 1.82) is 0 Å². The average molecular weight is 302 g/mol. The zero-order valence-electron chi connectivity index (χ0n) is 12.4. The molecule has 3 aromatic carbocycles. The summed E-state index contributed by atoms with van der Waals surface area (Å²) >= 11 is 0. The standard InChI is InChI=1S/C20H14O3/c1-4-10-17-14(7-1)20(22-13-21-17)15-8-2-5-11-18(15)23-19-12-6-3-9-16(19)20/h1-12H,13H2. The Kier molecular flexibility index (Phi) is 2.55. The zero-order valence-corrected chi connectivity index (χ0v) is 12.4. The van der Waals surface area contributed by atoms with Crippen molar-refractivity contribution < 1.29 is 14.2 Å². The summed E-state index contributed by atoms with van der Waals surface area (Å²) in [5.74, 6) is 2.50. The lowest BCUT2D eigenvalue weighted by Gasteiger charge is -2.43. The van der Waals surface area contributed by atoms with Crippen LogP contribution in [0.2, 0.25) is 0 Å². The van der Waals surface area contributed by atoms with Gasteiger partial charge in [0.05, 0.1) is 0 Å². The highest BCUT2D eigenvalue weighted by atomic mass is 16.7. The fourth-order valence-corrected chi connectivity index (χ4v) is 3.54. The van der Waals surface area contributed by atoms with Gasteiger partial charge < -0.3 is 14.2 Å². The largest absolute Gasteiger partial charge is 0.467 e. The molecule has 2 heterocycles. The third-order valence-corrected chi connectivity index (χ3v) is 4.51. The van der Waals surface area contributed by atoms with E-state index < -0.39 is 5.60 Å². The molecule has 0 aliphatic carbocycles. The normalized spacial score (nSPS) is 16.5. The van der Waals surface area contributed by atoms with Crippen LogP contribution in [-0.4, -0.2) is 6.79 Å². The summed E-state index contributed by atoms with van der Waals surface area (Å²) in [7, 11) is 0. The summed E-state index contributed by atoms with van der Waals surface area (Å²) in [6.45, 7) is 0.208. The van der Waals surface area contributed by atoms with E-state index in [0.29, 0.717) is 0 Å². The number of ether oxygens (including phenoxy) is 3. The van der Waals surface area contributed by atoms with Crippen molar-refractivity contribution in [2.24, 2.45) is 0 Å². The Bertz CT molecular complexity index is 855. The lowest BCUT2D eigenvalue weighted by atomic mass is 9.77. The number of hydrogen-bond acceptors (Lipinski definition) is 3. The molecule has 23 heavy (non-hydrogen) atoms. The zero-order chi connectivity index (χ0) is 15.3. The van der Waals surface area contributed by atoms with Crippen LogP contribution in [-0.2, 0) is 10.3 Å². The molecule has 3 heteroatoms. The Balaban J connectivity index is 1.91. The van der Waals surface area contributed by atoms with Gasteiger partial charge in [-0.2, -0.15) is 0 Å². The van der Waals surface area contributed by atoms with Crippen LogP contribution in [0, 0.1) is 0 Å². The molecule has 2 aliphatic rings. The maximum atomic E-state index is 6.28. The van der Waals surface area contributed by atoms with Gasteiger partial charge in [-0.25, -0.2) is 0 Å². The lowest BCUT2D eigenvalue weighted by Crippen LogP contribution is -2.40.